The van der Waals surface area contributed by atoms with Gasteiger partial charge in [0.1, 0.15) is 5.75 Å². The molecule has 0 bridgehead atoms. The molecule has 0 saturated carbocycles. The molecule has 0 aliphatic rings. The SMILES string of the molecule is COc1c(C)cc(Br)cc1C(=O)Nc1ccc([N+](=O)[O-])cc1Cl. The molecule has 0 heterocycles. The number of halogens is 2. The topological polar surface area (TPSA) is 81.5 Å². The number of non-ortho nitro benzene ring substituents is 1. The third-order valence-electron chi connectivity index (χ3n) is 3.10. The molecule has 120 valence electrons. The zero-order valence-electron chi connectivity index (χ0n) is 12.2. The van der Waals surface area contributed by atoms with E-state index < -0.39 is 10.8 Å². The molecule has 6 nitrogen and oxygen atoms in total. The number of nitro benzene ring substituents is 1. The second-order valence-electron chi connectivity index (χ2n) is 4.68. The lowest BCUT2D eigenvalue weighted by atomic mass is 10.1. The van der Waals surface area contributed by atoms with Crippen molar-refractivity contribution in [3.05, 3.63) is 61.1 Å². The molecule has 0 saturated heterocycles. The van der Waals surface area contributed by atoms with Crippen LogP contribution in [0.25, 0.3) is 0 Å². The number of nitrogens with one attached hydrogen (secondary N) is 1. The number of carbonyl (C=O) groups excluding carboxylic acids is 1. The Morgan fingerprint density at radius 3 is 2.61 bits per heavy atom. The lowest BCUT2D eigenvalue weighted by Gasteiger charge is -2.13. The van der Waals surface area contributed by atoms with Crippen LogP contribution >= 0.6 is 27.5 Å². The minimum Gasteiger partial charge on any atom is -0.496 e. The monoisotopic (exact) mass is 398 g/mol. The van der Waals surface area contributed by atoms with E-state index in [2.05, 4.69) is 21.2 Å². The van der Waals surface area contributed by atoms with E-state index in [4.69, 9.17) is 16.3 Å². The first-order valence-electron chi connectivity index (χ1n) is 6.43. The van der Waals surface area contributed by atoms with Crippen molar-refractivity contribution in [1.29, 1.82) is 0 Å². The molecule has 1 amide bonds. The van der Waals surface area contributed by atoms with Crippen molar-refractivity contribution in [1.82, 2.24) is 0 Å². The number of amides is 1. The van der Waals surface area contributed by atoms with Crippen LogP contribution in [0.15, 0.2) is 34.8 Å². The molecule has 1 N–H and O–H groups in total. The smallest absolute Gasteiger partial charge is 0.271 e. The Labute approximate surface area is 145 Å². The summed E-state index contributed by atoms with van der Waals surface area (Å²) in [5.41, 5.74) is 1.25. The fraction of sp³-hybridized carbons (Fsp3) is 0.133. The number of methoxy groups -OCH3 is 1. The summed E-state index contributed by atoms with van der Waals surface area (Å²) < 4.78 is 6.00. The number of nitro groups is 1. The zero-order valence-corrected chi connectivity index (χ0v) is 14.6. The normalized spacial score (nSPS) is 10.3. The summed E-state index contributed by atoms with van der Waals surface area (Å²) in [4.78, 5) is 22.6. The van der Waals surface area contributed by atoms with Gasteiger partial charge in [0.25, 0.3) is 11.6 Å². The van der Waals surface area contributed by atoms with E-state index in [0.29, 0.717) is 11.3 Å². The number of hydrogen-bond donors (Lipinski definition) is 1. The summed E-state index contributed by atoms with van der Waals surface area (Å²) >= 11 is 9.31. The molecule has 0 radical (unpaired) electrons. The van der Waals surface area contributed by atoms with E-state index in [0.717, 1.165) is 10.0 Å². The lowest BCUT2D eigenvalue weighted by molar-refractivity contribution is -0.384. The maximum atomic E-state index is 12.5. The lowest BCUT2D eigenvalue weighted by Crippen LogP contribution is -2.14. The predicted molar refractivity (Wildman–Crippen MR) is 91.5 cm³/mol. The van der Waals surface area contributed by atoms with Crippen molar-refractivity contribution in [3.8, 4) is 5.75 Å². The molecule has 2 rings (SSSR count). The Kier molecular flexibility index (Phi) is 5.23. The molecular weight excluding hydrogens is 388 g/mol. The van der Waals surface area contributed by atoms with E-state index in [1.165, 1.54) is 25.3 Å². The fourth-order valence-corrected chi connectivity index (χ4v) is 2.87. The van der Waals surface area contributed by atoms with E-state index in [9.17, 15) is 14.9 Å². The van der Waals surface area contributed by atoms with Crippen LogP contribution in [0, 0.1) is 17.0 Å². The first-order valence-corrected chi connectivity index (χ1v) is 7.60. The van der Waals surface area contributed by atoms with Crippen LogP contribution in [0.4, 0.5) is 11.4 Å². The minimum absolute atomic E-state index is 0.0817. The molecule has 8 heteroatoms. The molecule has 0 atom stereocenters. The van der Waals surface area contributed by atoms with Crippen LogP contribution in [0.5, 0.6) is 5.75 Å². The molecule has 0 aliphatic carbocycles. The van der Waals surface area contributed by atoms with E-state index in [1.807, 2.05) is 13.0 Å². The van der Waals surface area contributed by atoms with Crippen LogP contribution < -0.4 is 10.1 Å². The van der Waals surface area contributed by atoms with E-state index in [1.54, 1.807) is 6.07 Å². The highest BCUT2D eigenvalue weighted by molar-refractivity contribution is 9.10. The molecule has 0 aromatic heterocycles. The third-order valence-corrected chi connectivity index (χ3v) is 3.87. The molecule has 23 heavy (non-hydrogen) atoms. The van der Waals surface area contributed by atoms with E-state index >= 15 is 0 Å². The van der Waals surface area contributed by atoms with Gasteiger partial charge in [0.05, 0.1) is 28.3 Å². The molecule has 0 unspecified atom stereocenters. The number of ether oxygens (including phenoxy) is 1. The highest BCUT2D eigenvalue weighted by atomic mass is 79.9. The van der Waals surface area contributed by atoms with Gasteiger partial charge in [0.2, 0.25) is 0 Å². The third kappa shape index (κ3) is 3.80. The number of anilines is 1. The summed E-state index contributed by atoms with van der Waals surface area (Å²) in [7, 11) is 1.48. The quantitative estimate of drug-likeness (QED) is 0.602. The summed E-state index contributed by atoms with van der Waals surface area (Å²) in [5, 5.41) is 13.4. The standard InChI is InChI=1S/C15H12BrClN2O4/c1-8-5-9(16)6-11(14(8)23-2)15(20)18-13-4-3-10(19(21)22)7-12(13)17/h3-7H,1-2H3,(H,18,20). The summed E-state index contributed by atoms with van der Waals surface area (Å²) in [6.45, 7) is 1.82. The Balaban J connectivity index is 2.35. The summed E-state index contributed by atoms with van der Waals surface area (Å²) in [5.74, 6) is 0.0192. The van der Waals surface area contributed by atoms with Gasteiger partial charge in [-0.3, -0.25) is 14.9 Å². The molecular formula is C15H12BrClN2O4. The molecule has 2 aromatic rings. The highest BCUT2D eigenvalue weighted by Gasteiger charge is 2.18. The Morgan fingerprint density at radius 2 is 2.04 bits per heavy atom. The number of rotatable bonds is 4. The number of carbonyl (C=O) groups is 1. The van der Waals surface area contributed by atoms with Crippen molar-refractivity contribution >= 4 is 44.8 Å². The number of nitrogens with zero attached hydrogens (tertiary/aromatic N) is 1. The van der Waals surface area contributed by atoms with Gasteiger partial charge in [0, 0.05) is 16.6 Å². The Bertz CT molecular complexity index is 795. The Hall–Kier alpha value is -2.12. The van der Waals surface area contributed by atoms with E-state index in [-0.39, 0.29) is 16.4 Å². The number of hydrogen-bond acceptors (Lipinski definition) is 4. The average Bonchev–Trinajstić information content (AvgIpc) is 2.48. The van der Waals surface area contributed by atoms with Gasteiger partial charge in [-0.2, -0.15) is 0 Å². The van der Waals surface area contributed by atoms with Gasteiger partial charge < -0.3 is 10.1 Å². The molecule has 0 spiro atoms. The summed E-state index contributed by atoms with van der Waals surface area (Å²) in [6.07, 6.45) is 0. The fourth-order valence-electron chi connectivity index (χ4n) is 2.08. The zero-order chi connectivity index (χ0) is 17.1. The van der Waals surface area contributed by atoms with Crippen LogP contribution in [0.3, 0.4) is 0 Å². The largest absolute Gasteiger partial charge is 0.496 e. The Morgan fingerprint density at radius 1 is 1.35 bits per heavy atom. The molecule has 0 aliphatic heterocycles. The number of aryl methyl sites for hydroxylation is 1. The first kappa shape index (κ1) is 17.2. The maximum absolute atomic E-state index is 12.5. The second kappa shape index (κ2) is 6.97. The van der Waals surface area contributed by atoms with Crippen LogP contribution in [0.1, 0.15) is 15.9 Å². The van der Waals surface area contributed by atoms with Gasteiger partial charge in [-0.25, -0.2) is 0 Å². The van der Waals surface area contributed by atoms with Crippen LogP contribution in [-0.4, -0.2) is 17.9 Å². The summed E-state index contributed by atoms with van der Waals surface area (Å²) in [6, 6.07) is 7.29. The van der Waals surface area contributed by atoms with Crippen LogP contribution in [0.2, 0.25) is 5.02 Å². The molecule has 0 fully saturated rings. The van der Waals surface area contributed by atoms with Crippen LogP contribution in [-0.2, 0) is 0 Å². The van der Waals surface area contributed by atoms with Gasteiger partial charge in [-0.1, -0.05) is 27.5 Å². The van der Waals surface area contributed by atoms with Gasteiger partial charge in [-0.05, 0) is 30.7 Å². The van der Waals surface area contributed by atoms with Crippen molar-refractivity contribution < 1.29 is 14.5 Å². The predicted octanol–water partition coefficient (Wildman–Crippen LogP) is 4.58. The molecule has 2 aromatic carbocycles. The number of benzene rings is 2. The van der Waals surface area contributed by atoms with Gasteiger partial charge in [0.15, 0.2) is 0 Å². The van der Waals surface area contributed by atoms with Crippen molar-refractivity contribution in [2.75, 3.05) is 12.4 Å². The van der Waals surface area contributed by atoms with Crippen molar-refractivity contribution in [2.24, 2.45) is 0 Å². The average molecular weight is 400 g/mol. The van der Waals surface area contributed by atoms with Crippen molar-refractivity contribution in [3.63, 3.8) is 0 Å². The first-order chi connectivity index (χ1) is 10.8. The minimum atomic E-state index is -0.557. The highest BCUT2D eigenvalue weighted by Crippen LogP contribution is 2.31. The van der Waals surface area contributed by atoms with Gasteiger partial charge >= 0.3 is 0 Å². The van der Waals surface area contributed by atoms with Crippen molar-refractivity contribution in [2.45, 2.75) is 6.92 Å². The van der Waals surface area contributed by atoms with Gasteiger partial charge in [-0.15, -0.1) is 0 Å². The second-order valence-corrected chi connectivity index (χ2v) is 6.00. The maximum Gasteiger partial charge on any atom is 0.271 e.